The average Bonchev–Trinajstić information content (AvgIpc) is 2.72. The van der Waals surface area contributed by atoms with Gasteiger partial charge in [-0.2, -0.15) is 5.10 Å². The molecule has 0 saturated heterocycles. The van der Waals surface area contributed by atoms with Crippen LogP contribution in [-0.2, 0) is 0 Å². The first-order chi connectivity index (χ1) is 7.79. The van der Waals surface area contributed by atoms with E-state index in [1.807, 2.05) is 34.6 Å². The lowest BCUT2D eigenvalue weighted by Gasteiger charge is -1.94. The van der Waals surface area contributed by atoms with E-state index in [0.29, 0.717) is 0 Å². The summed E-state index contributed by atoms with van der Waals surface area (Å²) in [6, 6.07) is 0. The summed E-state index contributed by atoms with van der Waals surface area (Å²) in [4.78, 5) is 4.14. The van der Waals surface area contributed by atoms with Gasteiger partial charge < -0.3 is 0 Å². The maximum Gasteiger partial charge on any atom is 0.157 e. The number of allylic oxidation sites excluding steroid dienone is 1. The minimum absolute atomic E-state index is 0.796. The van der Waals surface area contributed by atoms with Crippen LogP contribution in [0.5, 0.6) is 0 Å². The van der Waals surface area contributed by atoms with Crippen molar-refractivity contribution < 1.29 is 0 Å². The molecular weight excluding hydrogens is 198 g/mol. The Labute approximate surface area is 99.2 Å². The number of nitrogens with zero attached hydrogens (tertiary/aromatic N) is 3. The van der Waals surface area contributed by atoms with Crippen LogP contribution in [0.4, 0.5) is 5.82 Å². The van der Waals surface area contributed by atoms with Gasteiger partial charge in [0.2, 0.25) is 0 Å². The highest BCUT2D eigenvalue weighted by molar-refractivity contribution is 5.73. The second-order valence-electron chi connectivity index (χ2n) is 2.29. The third-order valence-corrected chi connectivity index (χ3v) is 1.42. The normalized spacial score (nSPS) is 8.56. The molecule has 16 heavy (non-hydrogen) atoms. The number of rotatable bonds is 3. The Morgan fingerprint density at radius 3 is 2.25 bits per heavy atom. The highest BCUT2D eigenvalue weighted by Crippen LogP contribution is 2.16. The predicted octanol–water partition coefficient (Wildman–Crippen LogP) is 4.23. The summed E-state index contributed by atoms with van der Waals surface area (Å²) in [6.45, 7) is 17.1. The molecule has 0 aliphatic heterocycles. The summed E-state index contributed by atoms with van der Waals surface area (Å²) in [5, 5.41) is 4.04. The molecule has 0 fully saturated rings. The van der Waals surface area contributed by atoms with Crippen LogP contribution in [0, 0.1) is 6.92 Å². The smallest absolute Gasteiger partial charge is 0.157 e. The number of hydrogen-bond donors (Lipinski definition) is 0. The fourth-order valence-corrected chi connectivity index (χ4v) is 0.860. The zero-order valence-corrected chi connectivity index (χ0v) is 11.1. The van der Waals surface area contributed by atoms with Crippen LogP contribution in [0.1, 0.15) is 33.3 Å². The van der Waals surface area contributed by atoms with E-state index in [9.17, 15) is 0 Å². The van der Waals surface area contributed by atoms with Crippen molar-refractivity contribution in [2.75, 3.05) is 0 Å². The van der Waals surface area contributed by atoms with E-state index >= 15 is 0 Å². The Morgan fingerprint density at radius 2 is 1.81 bits per heavy atom. The summed E-state index contributed by atoms with van der Waals surface area (Å²) >= 11 is 0. The second kappa shape index (κ2) is 11.4. The van der Waals surface area contributed by atoms with Gasteiger partial charge in [0.1, 0.15) is 0 Å². The van der Waals surface area contributed by atoms with Gasteiger partial charge in [-0.25, -0.2) is 9.67 Å². The zero-order valence-electron chi connectivity index (χ0n) is 11.1. The molecule has 0 aliphatic carbocycles. The maximum atomic E-state index is 4.14. The van der Waals surface area contributed by atoms with Gasteiger partial charge in [0, 0.05) is 18.0 Å². The van der Waals surface area contributed by atoms with Crippen molar-refractivity contribution in [3.05, 3.63) is 31.0 Å². The Kier molecular flexibility index (Phi) is 12.0. The van der Waals surface area contributed by atoms with Gasteiger partial charge in [-0.1, -0.05) is 46.9 Å². The third kappa shape index (κ3) is 5.29. The van der Waals surface area contributed by atoms with Crippen LogP contribution in [0.2, 0.25) is 0 Å². The van der Waals surface area contributed by atoms with E-state index in [4.69, 9.17) is 0 Å². The molecule has 0 aromatic carbocycles. The second-order valence-corrected chi connectivity index (χ2v) is 2.29. The molecule has 90 valence electrons. The molecule has 0 radical (unpaired) electrons. The van der Waals surface area contributed by atoms with Crippen molar-refractivity contribution in [1.29, 1.82) is 0 Å². The lowest BCUT2D eigenvalue weighted by Crippen LogP contribution is -1.86. The van der Waals surface area contributed by atoms with Gasteiger partial charge in [0.05, 0.1) is 6.20 Å². The molecule has 0 atom stereocenters. The Bertz CT molecular complexity index is 322. The Hall–Kier alpha value is -1.64. The van der Waals surface area contributed by atoms with Gasteiger partial charge >= 0.3 is 0 Å². The first-order valence-electron chi connectivity index (χ1n) is 5.61. The molecule has 1 heterocycles. The van der Waals surface area contributed by atoms with Crippen LogP contribution >= 0.6 is 0 Å². The minimum Gasteiger partial charge on any atom is -0.237 e. The number of aryl methyl sites for hydroxylation is 1. The van der Waals surface area contributed by atoms with Crippen LogP contribution in [-0.4, -0.2) is 16.0 Å². The molecule has 0 spiro atoms. The van der Waals surface area contributed by atoms with Crippen LogP contribution in [0.3, 0.4) is 0 Å². The molecule has 0 aliphatic rings. The van der Waals surface area contributed by atoms with Gasteiger partial charge in [-0.05, 0) is 6.92 Å². The van der Waals surface area contributed by atoms with Gasteiger partial charge in [-0.3, -0.25) is 0 Å². The summed E-state index contributed by atoms with van der Waals surface area (Å²) in [5.74, 6) is 0.796. The summed E-state index contributed by atoms with van der Waals surface area (Å²) in [7, 11) is 0. The van der Waals surface area contributed by atoms with Crippen LogP contribution < -0.4 is 0 Å². The molecule has 0 bridgehead atoms. The van der Waals surface area contributed by atoms with E-state index in [2.05, 4.69) is 23.2 Å². The maximum absolute atomic E-state index is 4.14. The van der Waals surface area contributed by atoms with Crippen molar-refractivity contribution in [3.63, 3.8) is 0 Å². The van der Waals surface area contributed by atoms with Gasteiger partial charge in [0.25, 0.3) is 0 Å². The molecule has 3 nitrogen and oxygen atoms in total. The first-order valence-corrected chi connectivity index (χ1v) is 5.61. The Morgan fingerprint density at radius 1 is 1.25 bits per heavy atom. The predicted molar refractivity (Wildman–Crippen MR) is 74.4 cm³/mol. The van der Waals surface area contributed by atoms with Crippen molar-refractivity contribution in [2.45, 2.75) is 34.6 Å². The highest BCUT2D eigenvalue weighted by Gasteiger charge is 2.00. The van der Waals surface area contributed by atoms with Gasteiger partial charge in [0.15, 0.2) is 5.82 Å². The van der Waals surface area contributed by atoms with E-state index in [1.165, 1.54) is 0 Å². The summed E-state index contributed by atoms with van der Waals surface area (Å²) < 4.78 is 1.62. The summed E-state index contributed by atoms with van der Waals surface area (Å²) in [5.41, 5.74) is 1.02. The lowest BCUT2D eigenvalue weighted by atomic mass is 10.4. The summed E-state index contributed by atoms with van der Waals surface area (Å²) in [6.07, 6.45) is 6.62. The van der Waals surface area contributed by atoms with E-state index in [0.717, 1.165) is 11.4 Å². The number of aromatic nitrogens is 2. The fraction of sp³-hybridized carbons (Fsp3) is 0.385. The van der Waals surface area contributed by atoms with E-state index in [1.54, 1.807) is 29.4 Å². The third-order valence-electron chi connectivity index (χ3n) is 1.42. The largest absolute Gasteiger partial charge is 0.237 e. The topological polar surface area (TPSA) is 30.2 Å². The van der Waals surface area contributed by atoms with Gasteiger partial charge in [-0.15, -0.1) is 0 Å². The number of hydrogen-bond acceptors (Lipinski definition) is 2. The van der Waals surface area contributed by atoms with Crippen molar-refractivity contribution >= 4 is 18.2 Å². The standard InChI is InChI=1S/C9H11N3.2C2H6/c1-4-6-10-9-8(3)7-11-12(9)5-2;2*1-2/h4-7H,1-2H2,3H3;2*1-2H3/b10-6-;;. The fourth-order valence-electron chi connectivity index (χ4n) is 0.860. The molecule has 1 aromatic rings. The Balaban J connectivity index is 0. The van der Waals surface area contributed by atoms with Crippen molar-refractivity contribution in [2.24, 2.45) is 4.99 Å². The van der Waals surface area contributed by atoms with Crippen LogP contribution in [0.15, 0.2) is 30.4 Å². The molecule has 1 rings (SSSR count). The van der Waals surface area contributed by atoms with E-state index in [-0.39, 0.29) is 0 Å². The highest BCUT2D eigenvalue weighted by atomic mass is 15.3. The molecular formula is C13H23N3. The SMILES string of the molecule is C=C/C=N\c1c(C)cnn1C=C.CC.CC. The first kappa shape index (κ1) is 16.8. The lowest BCUT2D eigenvalue weighted by molar-refractivity contribution is 0.935. The molecule has 3 heteroatoms. The monoisotopic (exact) mass is 221 g/mol. The van der Waals surface area contributed by atoms with Crippen molar-refractivity contribution in [1.82, 2.24) is 9.78 Å². The zero-order chi connectivity index (χ0) is 13.0. The molecule has 0 amide bonds. The molecule has 0 N–H and O–H groups in total. The quantitative estimate of drug-likeness (QED) is 0.702. The molecule has 0 saturated carbocycles. The average molecular weight is 221 g/mol. The molecule has 0 unspecified atom stereocenters. The van der Waals surface area contributed by atoms with Crippen LogP contribution in [0.25, 0.3) is 6.20 Å². The minimum atomic E-state index is 0.796. The molecule has 1 aromatic heterocycles. The van der Waals surface area contributed by atoms with Crippen molar-refractivity contribution in [3.8, 4) is 0 Å². The number of aliphatic imine (C=N–C) groups is 1. The van der Waals surface area contributed by atoms with E-state index < -0.39 is 0 Å².